The van der Waals surface area contributed by atoms with E-state index in [0.717, 1.165) is 29.6 Å². The molecule has 124 valence electrons. The van der Waals surface area contributed by atoms with Gasteiger partial charge in [0.05, 0.1) is 17.6 Å². The molecule has 0 N–H and O–H groups in total. The fourth-order valence-electron chi connectivity index (χ4n) is 3.45. The summed E-state index contributed by atoms with van der Waals surface area (Å²) in [6.45, 7) is 6.25. The molecule has 0 saturated carbocycles. The maximum atomic E-state index is 5.97. The molecule has 1 saturated heterocycles. The van der Waals surface area contributed by atoms with Crippen molar-refractivity contribution in [2.45, 2.75) is 39.3 Å². The summed E-state index contributed by atoms with van der Waals surface area (Å²) in [4.78, 5) is 8.13. The van der Waals surface area contributed by atoms with E-state index in [0.29, 0.717) is 6.04 Å². The molecule has 4 rings (SSSR count). The lowest BCUT2D eigenvalue weighted by atomic mass is 9.99. The maximum absolute atomic E-state index is 5.97. The normalized spacial score (nSPS) is 18.3. The molecule has 0 bridgehead atoms. The molecule has 2 aromatic heterocycles. The van der Waals surface area contributed by atoms with Crippen molar-refractivity contribution in [2.75, 3.05) is 6.54 Å². The summed E-state index contributed by atoms with van der Waals surface area (Å²) in [5.74, 6) is 1.69. The number of hydrogen-bond donors (Lipinski definition) is 0. The Kier molecular flexibility index (Phi) is 4.25. The van der Waals surface area contributed by atoms with Crippen molar-refractivity contribution in [3.8, 4) is 10.6 Å². The summed E-state index contributed by atoms with van der Waals surface area (Å²) in [6.07, 6.45) is 4.29. The van der Waals surface area contributed by atoms with E-state index in [1.165, 1.54) is 29.5 Å². The Labute approximate surface area is 147 Å². The number of hydrogen-bond acceptors (Lipinski definition) is 4. The van der Waals surface area contributed by atoms with Crippen molar-refractivity contribution < 1.29 is 4.42 Å². The third-order valence-corrected chi connectivity index (χ3v) is 5.82. The van der Waals surface area contributed by atoms with Crippen LogP contribution in [-0.2, 0) is 6.54 Å². The second-order valence-corrected chi connectivity index (χ2v) is 7.52. The molecule has 3 nitrogen and oxygen atoms in total. The molecule has 0 aliphatic carbocycles. The first-order chi connectivity index (χ1) is 11.7. The van der Waals surface area contributed by atoms with Crippen LogP contribution in [0.25, 0.3) is 10.6 Å². The molecule has 3 aromatic rings. The number of nitrogens with zero attached hydrogens (tertiary/aromatic N) is 2. The highest BCUT2D eigenvalue weighted by Crippen LogP contribution is 2.34. The average molecular weight is 338 g/mol. The summed E-state index contributed by atoms with van der Waals surface area (Å²) >= 11 is 1.69. The minimum absolute atomic E-state index is 0.474. The molecule has 1 atom stereocenters. The molecular formula is C20H22N2OS. The van der Waals surface area contributed by atoms with Gasteiger partial charge in [0.25, 0.3) is 0 Å². The van der Waals surface area contributed by atoms with Crippen LogP contribution in [-0.4, -0.2) is 16.4 Å². The topological polar surface area (TPSA) is 29.3 Å². The number of oxazole rings is 1. The molecule has 1 aliphatic heterocycles. The summed E-state index contributed by atoms with van der Waals surface area (Å²) in [6, 6.07) is 11.4. The monoisotopic (exact) mass is 338 g/mol. The Morgan fingerprint density at radius 3 is 2.96 bits per heavy atom. The van der Waals surface area contributed by atoms with Crippen LogP contribution < -0.4 is 0 Å². The molecule has 1 unspecified atom stereocenters. The van der Waals surface area contributed by atoms with E-state index >= 15 is 0 Å². The molecule has 4 heteroatoms. The van der Waals surface area contributed by atoms with Crippen LogP contribution in [0.15, 0.2) is 46.3 Å². The van der Waals surface area contributed by atoms with Crippen molar-refractivity contribution >= 4 is 11.3 Å². The fourth-order valence-corrected chi connectivity index (χ4v) is 4.13. The van der Waals surface area contributed by atoms with E-state index < -0.39 is 0 Å². The van der Waals surface area contributed by atoms with Crippen LogP contribution in [0.2, 0.25) is 0 Å². The summed E-state index contributed by atoms with van der Waals surface area (Å²) in [5.41, 5.74) is 4.15. The maximum Gasteiger partial charge on any atom is 0.209 e. The number of thiophene rings is 1. The molecule has 0 amide bonds. The highest BCUT2D eigenvalue weighted by molar-refractivity contribution is 7.13. The molecule has 1 aliphatic rings. The van der Waals surface area contributed by atoms with Gasteiger partial charge in [0.15, 0.2) is 5.76 Å². The number of likely N-dealkylation sites (tertiary alicyclic amines) is 1. The first-order valence-corrected chi connectivity index (χ1v) is 9.38. The second-order valence-electron chi connectivity index (χ2n) is 6.57. The van der Waals surface area contributed by atoms with Gasteiger partial charge in [-0.15, -0.1) is 11.3 Å². The van der Waals surface area contributed by atoms with Gasteiger partial charge in [-0.05, 0) is 61.4 Å². The molecule has 24 heavy (non-hydrogen) atoms. The van der Waals surface area contributed by atoms with E-state index in [-0.39, 0.29) is 0 Å². The van der Waals surface area contributed by atoms with Crippen LogP contribution >= 0.6 is 11.3 Å². The van der Waals surface area contributed by atoms with Gasteiger partial charge in [0.1, 0.15) is 0 Å². The van der Waals surface area contributed by atoms with E-state index in [1.807, 2.05) is 12.3 Å². The van der Waals surface area contributed by atoms with Gasteiger partial charge in [0, 0.05) is 6.04 Å². The lowest BCUT2D eigenvalue weighted by Gasteiger charge is -2.24. The molecule has 0 spiro atoms. The largest absolute Gasteiger partial charge is 0.438 e. The SMILES string of the molecule is Cc1ccc(C2CCCN2Cc2ncc(-c3cccs3)o2)cc1C. The number of rotatable bonds is 4. The van der Waals surface area contributed by atoms with Crippen LogP contribution in [0.5, 0.6) is 0 Å². The van der Waals surface area contributed by atoms with Gasteiger partial charge in [-0.3, -0.25) is 4.90 Å². The first-order valence-electron chi connectivity index (χ1n) is 8.50. The lowest BCUT2D eigenvalue weighted by Crippen LogP contribution is -2.23. The van der Waals surface area contributed by atoms with Gasteiger partial charge in [0.2, 0.25) is 5.89 Å². The van der Waals surface area contributed by atoms with Gasteiger partial charge in [-0.2, -0.15) is 0 Å². The van der Waals surface area contributed by atoms with Gasteiger partial charge < -0.3 is 4.42 Å². The Morgan fingerprint density at radius 1 is 1.25 bits per heavy atom. The molecule has 1 fully saturated rings. The van der Waals surface area contributed by atoms with Crippen molar-refractivity contribution in [1.82, 2.24) is 9.88 Å². The smallest absolute Gasteiger partial charge is 0.209 e. The summed E-state index contributed by atoms with van der Waals surface area (Å²) in [5, 5.41) is 2.06. The number of benzene rings is 1. The minimum Gasteiger partial charge on any atom is -0.438 e. The zero-order chi connectivity index (χ0) is 16.5. The quantitative estimate of drug-likeness (QED) is 0.641. The zero-order valence-corrected chi connectivity index (χ0v) is 15.0. The van der Waals surface area contributed by atoms with Crippen LogP contribution in [0, 0.1) is 13.8 Å². The van der Waals surface area contributed by atoms with Crippen molar-refractivity contribution in [1.29, 1.82) is 0 Å². The van der Waals surface area contributed by atoms with Crippen molar-refractivity contribution in [2.24, 2.45) is 0 Å². The van der Waals surface area contributed by atoms with Crippen molar-refractivity contribution in [3.63, 3.8) is 0 Å². The molecule has 3 heterocycles. The van der Waals surface area contributed by atoms with Crippen LogP contribution in [0.3, 0.4) is 0 Å². The Bertz CT molecular complexity index is 822. The van der Waals surface area contributed by atoms with Gasteiger partial charge >= 0.3 is 0 Å². The molecule has 1 aromatic carbocycles. The van der Waals surface area contributed by atoms with E-state index in [4.69, 9.17) is 4.42 Å². The van der Waals surface area contributed by atoms with Crippen LogP contribution in [0.1, 0.15) is 41.5 Å². The highest BCUT2D eigenvalue weighted by Gasteiger charge is 2.27. The fraction of sp³-hybridized carbons (Fsp3) is 0.350. The predicted octanol–water partition coefficient (Wildman–Crippen LogP) is 5.36. The van der Waals surface area contributed by atoms with E-state index in [9.17, 15) is 0 Å². The first kappa shape index (κ1) is 15.6. The summed E-state index contributed by atoms with van der Waals surface area (Å²) in [7, 11) is 0. The third kappa shape index (κ3) is 3.04. The van der Waals surface area contributed by atoms with E-state index in [2.05, 4.69) is 53.4 Å². The Balaban J connectivity index is 1.52. The third-order valence-electron chi connectivity index (χ3n) is 4.94. The minimum atomic E-state index is 0.474. The molecule has 0 radical (unpaired) electrons. The Hall–Kier alpha value is -1.91. The number of aryl methyl sites for hydroxylation is 2. The zero-order valence-electron chi connectivity index (χ0n) is 14.2. The molecular weight excluding hydrogens is 316 g/mol. The standard InChI is InChI=1S/C20H22N2OS/c1-14-7-8-16(11-15(14)2)17-5-3-9-22(17)13-20-21-12-18(23-20)19-6-4-10-24-19/h4,6-8,10-12,17H,3,5,9,13H2,1-2H3. The van der Waals surface area contributed by atoms with Gasteiger partial charge in [-0.25, -0.2) is 4.98 Å². The predicted molar refractivity (Wildman–Crippen MR) is 98.1 cm³/mol. The number of aromatic nitrogens is 1. The van der Waals surface area contributed by atoms with Gasteiger partial charge in [-0.1, -0.05) is 24.3 Å². The Morgan fingerprint density at radius 2 is 2.17 bits per heavy atom. The van der Waals surface area contributed by atoms with Crippen LogP contribution in [0.4, 0.5) is 0 Å². The second kappa shape index (κ2) is 6.54. The highest BCUT2D eigenvalue weighted by atomic mass is 32.1. The van der Waals surface area contributed by atoms with Crippen molar-refractivity contribution in [3.05, 3.63) is 64.5 Å². The van der Waals surface area contributed by atoms with E-state index in [1.54, 1.807) is 11.3 Å². The summed E-state index contributed by atoms with van der Waals surface area (Å²) < 4.78 is 5.97. The average Bonchev–Trinajstić information content (AvgIpc) is 3.31. The lowest BCUT2D eigenvalue weighted by molar-refractivity contribution is 0.224.